The molecular formula is C13H18BrNO4. The summed E-state index contributed by atoms with van der Waals surface area (Å²) < 4.78 is 6.46. The summed E-state index contributed by atoms with van der Waals surface area (Å²) in [7, 11) is 0. The first-order chi connectivity index (χ1) is 9.11. The molecule has 0 radical (unpaired) electrons. The third-order valence-corrected chi connectivity index (χ3v) is 2.90. The van der Waals surface area contributed by atoms with Crippen molar-refractivity contribution in [2.75, 3.05) is 19.8 Å². The number of hydrogen-bond acceptors (Lipinski definition) is 4. The Morgan fingerprint density at radius 1 is 1.37 bits per heavy atom. The molecule has 0 heterocycles. The first-order valence-electron chi connectivity index (χ1n) is 6.06. The maximum absolute atomic E-state index is 11.4. The van der Waals surface area contributed by atoms with Crippen LogP contribution >= 0.6 is 15.9 Å². The van der Waals surface area contributed by atoms with Crippen molar-refractivity contribution in [1.29, 1.82) is 0 Å². The molecule has 1 amide bonds. The van der Waals surface area contributed by atoms with E-state index in [1.54, 1.807) is 0 Å². The van der Waals surface area contributed by atoms with Crippen LogP contribution in [0.15, 0.2) is 28.7 Å². The minimum atomic E-state index is -0.900. The van der Waals surface area contributed by atoms with Crippen molar-refractivity contribution in [2.24, 2.45) is 0 Å². The van der Waals surface area contributed by atoms with E-state index in [-0.39, 0.29) is 19.1 Å². The van der Waals surface area contributed by atoms with Gasteiger partial charge in [-0.2, -0.15) is 0 Å². The number of hydrogen-bond donors (Lipinski definition) is 3. The number of rotatable bonds is 8. The molecular weight excluding hydrogens is 314 g/mol. The second-order valence-electron chi connectivity index (χ2n) is 4.05. The second-order valence-corrected chi connectivity index (χ2v) is 4.96. The quantitative estimate of drug-likeness (QED) is 0.623. The van der Waals surface area contributed by atoms with Crippen LogP contribution in [0.1, 0.15) is 12.8 Å². The van der Waals surface area contributed by atoms with E-state index in [1.807, 2.05) is 24.3 Å². The number of amides is 1. The monoisotopic (exact) mass is 331 g/mol. The smallest absolute Gasteiger partial charge is 0.220 e. The summed E-state index contributed by atoms with van der Waals surface area (Å²) >= 11 is 3.33. The number of benzene rings is 1. The van der Waals surface area contributed by atoms with E-state index in [2.05, 4.69) is 21.2 Å². The molecule has 19 heavy (non-hydrogen) atoms. The van der Waals surface area contributed by atoms with Crippen LogP contribution in [0.25, 0.3) is 0 Å². The van der Waals surface area contributed by atoms with Crippen molar-refractivity contribution in [1.82, 2.24) is 5.32 Å². The summed E-state index contributed by atoms with van der Waals surface area (Å²) in [6.45, 7) is 0.174. The van der Waals surface area contributed by atoms with Gasteiger partial charge in [-0.25, -0.2) is 0 Å². The fraction of sp³-hybridized carbons (Fsp3) is 0.462. The van der Waals surface area contributed by atoms with E-state index in [4.69, 9.17) is 14.9 Å². The van der Waals surface area contributed by atoms with Crippen LogP contribution in [0.5, 0.6) is 5.75 Å². The maximum atomic E-state index is 11.4. The van der Waals surface area contributed by atoms with Gasteiger partial charge in [-0.3, -0.25) is 4.79 Å². The highest BCUT2D eigenvalue weighted by Gasteiger charge is 2.05. The van der Waals surface area contributed by atoms with Crippen molar-refractivity contribution in [3.05, 3.63) is 28.7 Å². The Kier molecular flexibility index (Phi) is 7.47. The zero-order valence-corrected chi connectivity index (χ0v) is 12.1. The van der Waals surface area contributed by atoms with Gasteiger partial charge >= 0.3 is 0 Å². The van der Waals surface area contributed by atoms with Crippen LogP contribution < -0.4 is 10.1 Å². The lowest BCUT2D eigenvalue weighted by atomic mass is 10.3. The fourth-order valence-electron chi connectivity index (χ4n) is 1.34. The van der Waals surface area contributed by atoms with Crippen LogP contribution in [0, 0.1) is 0 Å². The van der Waals surface area contributed by atoms with E-state index in [0.29, 0.717) is 19.4 Å². The number of carbonyl (C=O) groups is 1. The lowest BCUT2D eigenvalue weighted by molar-refractivity contribution is -0.121. The Morgan fingerprint density at radius 3 is 2.68 bits per heavy atom. The summed E-state index contributed by atoms with van der Waals surface area (Å²) in [6.07, 6.45) is 0.0224. The van der Waals surface area contributed by atoms with Crippen LogP contribution in [0.3, 0.4) is 0 Å². The molecule has 1 aromatic rings. The van der Waals surface area contributed by atoms with Gasteiger partial charge in [0.2, 0.25) is 5.91 Å². The van der Waals surface area contributed by atoms with Crippen molar-refractivity contribution < 1.29 is 19.7 Å². The highest BCUT2D eigenvalue weighted by atomic mass is 79.9. The van der Waals surface area contributed by atoms with Crippen molar-refractivity contribution in [3.8, 4) is 5.75 Å². The Hall–Kier alpha value is -1.11. The third kappa shape index (κ3) is 7.15. The molecule has 1 rings (SSSR count). The molecule has 106 valence electrons. The van der Waals surface area contributed by atoms with E-state index < -0.39 is 6.10 Å². The van der Waals surface area contributed by atoms with Crippen LogP contribution in [-0.4, -0.2) is 42.0 Å². The minimum Gasteiger partial charge on any atom is -0.494 e. The summed E-state index contributed by atoms with van der Waals surface area (Å²) in [4.78, 5) is 11.4. The number of nitrogens with one attached hydrogen (secondary N) is 1. The normalized spacial score (nSPS) is 11.9. The Labute approximate surface area is 120 Å². The van der Waals surface area contributed by atoms with Gasteiger partial charge in [0.1, 0.15) is 5.75 Å². The number of aliphatic hydroxyl groups is 2. The average Bonchev–Trinajstić information content (AvgIpc) is 2.42. The standard InChI is InChI=1S/C13H18BrNO4/c14-10-3-5-12(6-4-10)19-7-1-2-13(18)15-8-11(17)9-16/h3-6,11,16-17H,1-2,7-9H2,(H,15,18). The molecule has 6 heteroatoms. The molecule has 0 aromatic heterocycles. The van der Waals surface area contributed by atoms with E-state index >= 15 is 0 Å². The van der Waals surface area contributed by atoms with Crippen LogP contribution in [0.4, 0.5) is 0 Å². The molecule has 1 unspecified atom stereocenters. The predicted molar refractivity (Wildman–Crippen MR) is 75.0 cm³/mol. The molecule has 0 saturated carbocycles. The first-order valence-corrected chi connectivity index (χ1v) is 6.85. The highest BCUT2D eigenvalue weighted by molar-refractivity contribution is 9.10. The fourth-order valence-corrected chi connectivity index (χ4v) is 1.60. The van der Waals surface area contributed by atoms with Crippen molar-refractivity contribution in [3.63, 3.8) is 0 Å². The molecule has 0 fully saturated rings. The molecule has 0 saturated heterocycles. The maximum Gasteiger partial charge on any atom is 0.220 e. The molecule has 5 nitrogen and oxygen atoms in total. The molecule has 3 N–H and O–H groups in total. The largest absolute Gasteiger partial charge is 0.494 e. The predicted octanol–water partition coefficient (Wildman–Crippen LogP) is 1.08. The van der Waals surface area contributed by atoms with Gasteiger partial charge in [-0.05, 0) is 30.7 Å². The SMILES string of the molecule is O=C(CCCOc1ccc(Br)cc1)NCC(O)CO. The molecule has 0 aliphatic rings. The number of ether oxygens (including phenoxy) is 1. The minimum absolute atomic E-state index is 0.0723. The summed E-state index contributed by atoms with van der Waals surface area (Å²) in [5.41, 5.74) is 0. The van der Waals surface area contributed by atoms with Gasteiger partial charge in [0.15, 0.2) is 0 Å². The van der Waals surface area contributed by atoms with Gasteiger partial charge in [0.25, 0.3) is 0 Å². The lowest BCUT2D eigenvalue weighted by Crippen LogP contribution is -2.33. The van der Waals surface area contributed by atoms with Gasteiger partial charge < -0.3 is 20.3 Å². The van der Waals surface area contributed by atoms with Gasteiger partial charge in [0, 0.05) is 17.4 Å². The molecule has 0 bridgehead atoms. The summed E-state index contributed by atoms with van der Waals surface area (Å²) in [5, 5.41) is 20.2. The van der Waals surface area contributed by atoms with E-state index in [0.717, 1.165) is 10.2 Å². The number of halogens is 1. The van der Waals surface area contributed by atoms with E-state index in [9.17, 15) is 4.79 Å². The molecule has 0 spiro atoms. The Morgan fingerprint density at radius 2 is 2.05 bits per heavy atom. The van der Waals surface area contributed by atoms with Crippen molar-refractivity contribution in [2.45, 2.75) is 18.9 Å². The molecule has 0 aliphatic heterocycles. The summed E-state index contributed by atoms with van der Waals surface area (Å²) in [6, 6.07) is 7.47. The number of aliphatic hydroxyl groups excluding tert-OH is 2. The highest BCUT2D eigenvalue weighted by Crippen LogP contribution is 2.16. The second kappa shape index (κ2) is 8.90. The molecule has 1 aromatic carbocycles. The van der Waals surface area contributed by atoms with Gasteiger partial charge in [-0.15, -0.1) is 0 Å². The van der Waals surface area contributed by atoms with Crippen LogP contribution in [-0.2, 0) is 4.79 Å². The van der Waals surface area contributed by atoms with Gasteiger partial charge in [0.05, 0.1) is 19.3 Å². The molecule has 1 atom stereocenters. The zero-order chi connectivity index (χ0) is 14.1. The van der Waals surface area contributed by atoms with Gasteiger partial charge in [-0.1, -0.05) is 15.9 Å². The van der Waals surface area contributed by atoms with Crippen molar-refractivity contribution >= 4 is 21.8 Å². The number of carbonyl (C=O) groups excluding carboxylic acids is 1. The van der Waals surface area contributed by atoms with Crippen LogP contribution in [0.2, 0.25) is 0 Å². The zero-order valence-electron chi connectivity index (χ0n) is 10.5. The third-order valence-electron chi connectivity index (χ3n) is 2.38. The van der Waals surface area contributed by atoms with E-state index in [1.165, 1.54) is 0 Å². The Balaban J connectivity index is 2.10. The summed E-state index contributed by atoms with van der Waals surface area (Å²) in [5.74, 6) is 0.603. The lowest BCUT2D eigenvalue weighted by Gasteiger charge is -2.09. The molecule has 0 aliphatic carbocycles. The average molecular weight is 332 g/mol. The Bertz CT molecular complexity index is 383. The first kappa shape index (κ1) is 15.9. The topological polar surface area (TPSA) is 78.8 Å².